The maximum absolute atomic E-state index is 9.40. The molecule has 0 amide bonds. The summed E-state index contributed by atoms with van der Waals surface area (Å²) in [6, 6.07) is 6.23. The molecule has 5 rings (SSSR count). The van der Waals surface area contributed by atoms with Gasteiger partial charge in [-0.2, -0.15) is 20.6 Å². The van der Waals surface area contributed by atoms with Crippen LogP contribution < -0.4 is 5.32 Å². The summed E-state index contributed by atoms with van der Waals surface area (Å²) in [5.74, 6) is 0. The summed E-state index contributed by atoms with van der Waals surface area (Å²) >= 11 is 0. The first kappa shape index (κ1) is 17.6. The quantitative estimate of drug-likeness (QED) is 0.575. The molecule has 4 aromatic rings. The van der Waals surface area contributed by atoms with E-state index in [1.54, 1.807) is 10.9 Å². The van der Waals surface area contributed by atoms with E-state index in [1.165, 1.54) is 0 Å². The van der Waals surface area contributed by atoms with Crippen LogP contribution in [0.3, 0.4) is 0 Å². The highest BCUT2D eigenvalue weighted by atomic mass is 15.3. The van der Waals surface area contributed by atoms with Gasteiger partial charge in [0.1, 0.15) is 11.4 Å². The fourth-order valence-electron chi connectivity index (χ4n) is 4.05. The van der Waals surface area contributed by atoms with Crippen molar-refractivity contribution in [1.82, 2.24) is 39.5 Å². The molecule has 1 aliphatic heterocycles. The van der Waals surface area contributed by atoms with Gasteiger partial charge in [0.15, 0.2) is 0 Å². The molecule has 5 heterocycles. The van der Waals surface area contributed by atoms with Crippen molar-refractivity contribution in [3.63, 3.8) is 0 Å². The van der Waals surface area contributed by atoms with Crippen molar-refractivity contribution in [2.45, 2.75) is 24.8 Å². The molecule has 146 valence electrons. The van der Waals surface area contributed by atoms with Crippen LogP contribution in [0.1, 0.15) is 19.3 Å². The molecule has 0 atom stereocenters. The maximum Gasteiger partial charge on any atom is 0.112 e. The number of nitrogens with one attached hydrogen (secondary N) is 1. The Balaban J connectivity index is 1.61. The molecule has 1 fully saturated rings. The van der Waals surface area contributed by atoms with Crippen molar-refractivity contribution >= 4 is 5.52 Å². The van der Waals surface area contributed by atoms with Crippen molar-refractivity contribution in [3.05, 3.63) is 43.1 Å². The Morgan fingerprint density at radius 3 is 2.79 bits per heavy atom. The van der Waals surface area contributed by atoms with E-state index in [0.29, 0.717) is 6.42 Å². The molecule has 0 bridgehead atoms. The van der Waals surface area contributed by atoms with Crippen molar-refractivity contribution in [3.8, 4) is 28.7 Å². The van der Waals surface area contributed by atoms with Gasteiger partial charge in [0, 0.05) is 25.0 Å². The normalized spacial score (nSPS) is 16.1. The maximum atomic E-state index is 9.40. The predicted octanol–water partition coefficient (Wildman–Crippen LogP) is 1.99. The molecule has 9 heteroatoms. The zero-order valence-electron chi connectivity index (χ0n) is 16.2. The fraction of sp³-hybridized carbons (Fsp3) is 0.350. The lowest BCUT2D eigenvalue weighted by molar-refractivity contribution is 0.189. The van der Waals surface area contributed by atoms with Gasteiger partial charge < -0.3 is 5.32 Å². The number of piperidine rings is 1. The van der Waals surface area contributed by atoms with E-state index in [0.717, 1.165) is 54.1 Å². The average Bonchev–Trinajstić information content (AvgIpc) is 3.48. The molecule has 0 aromatic carbocycles. The fourth-order valence-corrected chi connectivity index (χ4v) is 4.05. The van der Waals surface area contributed by atoms with Crippen LogP contribution >= 0.6 is 0 Å². The Morgan fingerprint density at radius 2 is 2.03 bits per heavy atom. The number of hydrogen-bond donors (Lipinski definition) is 1. The van der Waals surface area contributed by atoms with Gasteiger partial charge in [-0.05, 0) is 38.1 Å². The topological polar surface area (TPSA) is 102 Å². The second-order valence-electron chi connectivity index (χ2n) is 7.49. The van der Waals surface area contributed by atoms with Gasteiger partial charge in [-0.3, -0.25) is 9.36 Å². The molecule has 0 spiro atoms. The Bertz CT molecular complexity index is 1200. The van der Waals surface area contributed by atoms with E-state index >= 15 is 0 Å². The van der Waals surface area contributed by atoms with Gasteiger partial charge in [-0.25, -0.2) is 9.50 Å². The third kappa shape index (κ3) is 2.98. The van der Waals surface area contributed by atoms with Gasteiger partial charge >= 0.3 is 0 Å². The summed E-state index contributed by atoms with van der Waals surface area (Å²) in [6.07, 6.45) is 11.6. The minimum Gasteiger partial charge on any atom is -0.317 e. The van der Waals surface area contributed by atoms with Gasteiger partial charge in [-0.15, -0.1) is 0 Å². The molecule has 9 nitrogen and oxygen atoms in total. The van der Waals surface area contributed by atoms with Crippen LogP contribution in [0.15, 0.2) is 43.1 Å². The summed E-state index contributed by atoms with van der Waals surface area (Å²) < 4.78 is 5.54. The van der Waals surface area contributed by atoms with Crippen LogP contribution in [0.5, 0.6) is 0 Å². The first-order valence-corrected chi connectivity index (χ1v) is 9.66. The molecular formula is C20H21N9. The average molecular weight is 387 g/mol. The van der Waals surface area contributed by atoms with Crippen molar-refractivity contribution in [1.29, 1.82) is 5.26 Å². The van der Waals surface area contributed by atoms with Gasteiger partial charge in [0.05, 0.1) is 47.8 Å². The van der Waals surface area contributed by atoms with E-state index in [1.807, 2.05) is 53.2 Å². The highest BCUT2D eigenvalue weighted by Crippen LogP contribution is 2.33. The third-order valence-electron chi connectivity index (χ3n) is 5.65. The number of nitrogens with zero attached hydrogens (tertiary/aromatic N) is 8. The Hall–Kier alpha value is -3.51. The van der Waals surface area contributed by atoms with Crippen molar-refractivity contribution in [2.24, 2.45) is 7.05 Å². The lowest BCUT2D eigenvalue weighted by atomic mass is 9.86. The molecule has 1 N–H and O–H groups in total. The van der Waals surface area contributed by atoms with Crippen LogP contribution in [-0.2, 0) is 12.6 Å². The zero-order chi connectivity index (χ0) is 19.8. The van der Waals surface area contributed by atoms with E-state index in [9.17, 15) is 5.26 Å². The van der Waals surface area contributed by atoms with E-state index < -0.39 is 0 Å². The van der Waals surface area contributed by atoms with Crippen LogP contribution in [-0.4, -0.2) is 47.2 Å². The second-order valence-corrected chi connectivity index (χ2v) is 7.49. The minimum atomic E-state index is -0.270. The SMILES string of the molecule is Cn1ccc(-c2cn3nccc3c(-c3cnn(C4(CC#N)CCNCC4)c3)n2)n1. The summed E-state index contributed by atoms with van der Waals surface area (Å²) in [5.41, 5.74) is 3.88. The second kappa shape index (κ2) is 6.83. The van der Waals surface area contributed by atoms with Crippen LogP contribution in [0.25, 0.3) is 28.2 Å². The minimum absolute atomic E-state index is 0.270. The summed E-state index contributed by atoms with van der Waals surface area (Å²) in [7, 11) is 1.88. The van der Waals surface area contributed by atoms with Crippen LogP contribution in [0, 0.1) is 11.3 Å². The largest absolute Gasteiger partial charge is 0.317 e. The van der Waals surface area contributed by atoms with Gasteiger partial charge in [0.25, 0.3) is 0 Å². The van der Waals surface area contributed by atoms with Crippen molar-refractivity contribution in [2.75, 3.05) is 13.1 Å². The van der Waals surface area contributed by atoms with Gasteiger partial charge in [-0.1, -0.05) is 0 Å². The number of hydrogen-bond acceptors (Lipinski definition) is 6. The predicted molar refractivity (Wildman–Crippen MR) is 107 cm³/mol. The zero-order valence-corrected chi connectivity index (χ0v) is 16.2. The molecule has 4 aromatic heterocycles. The standard InChI is InChI=1S/C20H21N9/c1-27-11-3-16(26-27)17-14-28-18(2-8-23-28)19(25-17)15-12-24-29(13-15)20(4-7-21)5-9-22-10-6-20/h2-3,8,11-14,22H,4-6,9-10H2,1H3. The Morgan fingerprint density at radius 1 is 1.17 bits per heavy atom. The first-order valence-electron chi connectivity index (χ1n) is 9.66. The van der Waals surface area contributed by atoms with E-state index in [4.69, 9.17) is 4.98 Å². The van der Waals surface area contributed by atoms with Crippen LogP contribution in [0.4, 0.5) is 0 Å². The monoisotopic (exact) mass is 387 g/mol. The molecule has 0 radical (unpaired) electrons. The summed E-state index contributed by atoms with van der Waals surface area (Å²) in [6.45, 7) is 1.77. The molecule has 0 saturated carbocycles. The highest BCUT2D eigenvalue weighted by molar-refractivity contribution is 5.77. The molecule has 1 aliphatic rings. The lowest BCUT2D eigenvalue weighted by Gasteiger charge is -2.36. The molecule has 0 unspecified atom stereocenters. The van der Waals surface area contributed by atoms with Crippen molar-refractivity contribution < 1.29 is 0 Å². The Kier molecular flexibility index (Phi) is 4.14. The smallest absolute Gasteiger partial charge is 0.112 e. The van der Waals surface area contributed by atoms with Crippen LogP contribution in [0.2, 0.25) is 0 Å². The number of aryl methyl sites for hydroxylation is 1. The summed E-state index contributed by atoms with van der Waals surface area (Å²) in [4.78, 5) is 4.89. The number of rotatable bonds is 4. The van der Waals surface area contributed by atoms with E-state index in [-0.39, 0.29) is 5.54 Å². The molecule has 29 heavy (non-hydrogen) atoms. The lowest BCUT2D eigenvalue weighted by Crippen LogP contribution is -2.44. The molecule has 1 saturated heterocycles. The first-order chi connectivity index (χ1) is 14.2. The number of fused-ring (bicyclic) bond motifs is 1. The Labute approximate surface area is 167 Å². The number of aromatic nitrogens is 7. The highest BCUT2D eigenvalue weighted by Gasteiger charge is 2.35. The third-order valence-corrected chi connectivity index (χ3v) is 5.65. The molecule has 0 aliphatic carbocycles. The van der Waals surface area contributed by atoms with Gasteiger partial charge in [0.2, 0.25) is 0 Å². The number of nitriles is 1. The summed E-state index contributed by atoms with van der Waals surface area (Å²) in [5, 5.41) is 26.3. The molecular weight excluding hydrogens is 366 g/mol. The van der Waals surface area contributed by atoms with E-state index in [2.05, 4.69) is 26.7 Å².